The molecule has 1 aromatic carbocycles. The monoisotopic (exact) mass is 277 g/mol. The minimum atomic E-state index is 0.538. The van der Waals surface area contributed by atoms with Gasteiger partial charge in [0, 0.05) is 25.0 Å². The molecule has 3 aromatic rings. The number of hydrogen-bond donors (Lipinski definition) is 0. The molecule has 0 bridgehead atoms. The summed E-state index contributed by atoms with van der Waals surface area (Å²) in [5, 5.41) is 0. The molecule has 1 fully saturated rings. The maximum atomic E-state index is 4.73. The van der Waals surface area contributed by atoms with Crippen molar-refractivity contribution in [1.82, 2.24) is 14.3 Å². The van der Waals surface area contributed by atoms with Crippen LogP contribution in [0, 0.1) is 0 Å². The van der Waals surface area contributed by atoms with Crippen LogP contribution in [-0.4, -0.2) is 20.8 Å². The third-order valence-electron chi connectivity index (χ3n) is 4.33. The zero-order chi connectivity index (χ0) is 14.1. The zero-order valence-electron chi connectivity index (χ0n) is 12.0. The van der Waals surface area contributed by atoms with Gasteiger partial charge in [-0.05, 0) is 37.1 Å². The average Bonchev–Trinajstić information content (AvgIpc) is 3.14. The van der Waals surface area contributed by atoms with Gasteiger partial charge in [0.2, 0.25) is 0 Å². The highest BCUT2D eigenvalue weighted by Crippen LogP contribution is 2.32. The molecule has 0 saturated carbocycles. The Hall–Kier alpha value is -2.13. The highest BCUT2D eigenvalue weighted by Gasteiger charge is 2.26. The lowest BCUT2D eigenvalue weighted by Gasteiger charge is -2.23. The highest BCUT2D eigenvalue weighted by molar-refractivity contribution is 5.39. The maximum absolute atomic E-state index is 4.73. The van der Waals surface area contributed by atoms with E-state index in [4.69, 9.17) is 4.98 Å². The first-order valence-electron chi connectivity index (χ1n) is 7.62. The van der Waals surface area contributed by atoms with Crippen molar-refractivity contribution in [2.24, 2.45) is 0 Å². The minimum absolute atomic E-state index is 0.538. The van der Waals surface area contributed by atoms with E-state index in [1.165, 1.54) is 18.4 Å². The Morgan fingerprint density at radius 3 is 2.76 bits per heavy atom. The van der Waals surface area contributed by atoms with Crippen LogP contribution in [0.15, 0.2) is 60.9 Å². The summed E-state index contributed by atoms with van der Waals surface area (Å²) in [5.41, 5.74) is 3.62. The molecule has 0 radical (unpaired) electrons. The van der Waals surface area contributed by atoms with E-state index in [9.17, 15) is 0 Å². The minimum Gasteiger partial charge on any atom is -0.307 e. The van der Waals surface area contributed by atoms with Crippen LogP contribution in [-0.2, 0) is 6.54 Å². The summed E-state index contributed by atoms with van der Waals surface area (Å²) in [7, 11) is 0. The second kappa shape index (κ2) is 5.34. The van der Waals surface area contributed by atoms with E-state index in [-0.39, 0.29) is 0 Å². The third kappa shape index (κ3) is 2.45. The molecule has 1 aliphatic rings. The number of hydrogen-bond acceptors (Lipinski definition) is 2. The van der Waals surface area contributed by atoms with Crippen molar-refractivity contribution >= 4 is 5.65 Å². The van der Waals surface area contributed by atoms with Crippen LogP contribution in [0.1, 0.15) is 30.1 Å². The van der Waals surface area contributed by atoms with E-state index >= 15 is 0 Å². The van der Waals surface area contributed by atoms with Crippen LogP contribution in [0.4, 0.5) is 0 Å². The summed E-state index contributed by atoms with van der Waals surface area (Å²) in [5.74, 6) is 0. The van der Waals surface area contributed by atoms with Crippen molar-refractivity contribution in [2.75, 3.05) is 6.54 Å². The fourth-order valence-electron chi connectivity index (χ4n) is 3.34. The standard InChI is InChI=1S/C18H19N3/c1-2-7-15(8-3-1)17-9-6-12-20(17)13-16-14-21-11-5-4-10-18(21)19-16/h1-5,7-8,10-11,14,17H,6,9,12-13H2. The molecule has 2 aromatic heterocycles. The van der Waals surface area contributed by atoms with Gasteiger partial charge in [0.05, 0.1) is 5.69 Å². The molecule has 3 heterocycles. The lowest BCUT2D eigenvalue weighted by atomic mass is 10.0. The van der Waals surface area contributed by atoms with Crippen molar-refractivity contribution in [3.63, 3.8) is 0 Å². The van der Waals surface area contributed by atoms with Crippen LogP contribution in [0.3, 0.4) is 0 Å². The number of imidazole rings is 1. The number of pyridine rings is 1. The van der Waals surface area contributed by atoms with Crippen molar-refractivity contribution in [1.29, 1.82) is 0 Å². The molecule has 1 aliphatic heterocycles. The Labute approximate surface area is 124 Å². The van der Waals surface area contributed by atoms with Crippen molar-refractivity contribution in [3.05, 3.63) is 72.2 Å². The van der Waals surface area contributed by atoms with Crippen LogP contribution in [0.2, 0.25) is 0 Å². The molecule has 106 valence electrons. The van der Waals surface area contributed by atoms with E-state index in [1.807, 2.05) is 12.1 Å². The van der Waals surface area contributed by atoms with Crippen molar-refractivity contribution in [3.8, 4) is 0 Å². The summed E-state index contributed by atoms with van der Waals surface area (Å²) in [6.07, 6.45) is 6.73. The Morgan fingerprint density at radius 1 is 1.05 bits per heavy atom. The maximum Gasteiger partial charge on any atom is 0.137 e. The van der Waals surface area contributed by atoms with Gasteiger partial charge in [0.25, 0.3) is 0 Å². The molecule has 1 saturated heterocycles. The zero-order valence-corrected chi connectivity index (χ0v) is 12.0. The fraction of sp³-hybridized carbons (Fsp3) is 0.278. The quantitative estimate of drug-likeness (QED) is 0.728. The van der Waals surface area contributed by atoms with Crippen LogP contribution < -0.4 is 0 Å². The first kappa shape index (κ1) is 12.6. The Morgan fingerprint density at radius 2 is 1.90 bits per heavy atom. The van der Waals surface area contributed by atoms with Gasteiger partial charge in [-0.25, -0.2) is 4.98 Å². The molecule has 1 atom stereocenters. The van der Waals surface area contributed by atoms with Crippen LogP contribution in [0.5, 0.6) is 0 Å². The normalized spacial score (nSPS) is 19.3. The SMILES string of the molecule is c1ccc(C2CCCN2Cc2cn3ccccc3n2)cc1. The van der Waals surface area contributed by atoms with Gasteiger partial charge >= 0.3 is 0 Å². The summed E-state index contributed by atoms with van der Waals surface area (Å²) in [6, 6.07) is 17.5. The van der Waals surface area contributed by atoms with Crippen molar-refractivity contribution in [2.45, 2.75) is 25.4 Å². The predicted octanol–water partition coefficient (Wildman–Crippen LogP) is 3.67. The molecule has 0 spiro atoms. The number of nitrogens with zero attached hydrogens (tertiary/aromatic N) is 3. The van der Waals surface area contributed by atoms with Gasteiger partial charge in [-0.3, -0.25) is 4.90 Å². The number of fused-ring (bicyclic) bond motifs is 1. The second-order valence-corrected chi connectivity index (χ2v) is 5.74. The molecule has 0 amide bonds. The lowest BCUT2D eigenvalue weighted by molar-refractivity contribution is 0.246. The molecular weight excluding hydrogens is 258 g/mol. The van der Waals surface area contributed by atoms with E-state index in [2.05, 4.69) is 58.1 Å². The number of likely N-dealkylation sites (tertiary alicyclic amines) is 1. The van der Waals surface area contributed by atoms with Crippen molar-refractivity contribution < 1.29 is 0 Å². The molecule has 3 nitrogen and oxygen atoms in total. The molecule has 4 rings (SSSR count). The molecule has 21 heavy (non-hydrogen) atoms. The summed E-state index contributed by atoms with van der Waals surface area (Å²) in [6.45, 7) is 2.09. The first-order chi connectivity index (χ1) is 10.4. The number of rotatable bonds is 3. The van der Waals surface area contributed by atoms with E-state index < -0.39 is 0 Å². The van der Waals surface area contributed by atoms with Gasteiger partial charge in [-0.1, -0.05) is 36.4 Å². The molecule has 0 aliphatic carbocycles. The number of aromatic nitrogens is 2. The average molecular weight is 277 g/mol. The lowest BCUT2D eigenvalue weighted by Crippen LogP contribution is -2.22. The van der Waals surface area contributed by atoms with Gasteiger partial charge in [-0.15, -0.1) is 0 Å². The summed E-state index contributed by atoms with van der Waals surface area (Å²) >= 11 is 0. The summed E-state index contributed by atoms with van der Waals surface area (Å²) < 4.78 is 2.10. The topological polar surface area (TPSA) is 20.5 Å². The van der Waals surface area contributed by atoms with Gasteiger partial charge in [0.15, 0.2) is 0 Å². The first-order valence-corrected chi connectivity index (χ1v) is 7.62. The molecular formula is C18H19N3. The smallest absolute Gasteiger partial charge is 0.137 e. The fourth-order valence-corrected chi connectivity index (χ4v) is 3.34. The van der Waals surface area contributed by atoms with Gasteiger partial charge in [0.1, 0.15) is 5.65 Å². The van der Waals surface area contributed by atoms with Crippen LogP contribution in [0.25, 0.3) is 5.65 Å². The summed E-state index contributed by atoms with van der Waals surface area (Å²) in [4.78, 5) is 7.28. The van der Waals surface area contributed by atoms with E-state index in [0.29, 0.717) is 6.04 Å². The van der Waals surface area contributed by atoms with E-state index in [1.54, 1.807) is 0 Å². The number of benzene rings is 1. The van der Waals surface area contributed by atoms with Gasteiger partial charge < -0.3 is 4.40 Å². The highest BCUT2D eigenvalue weighted by atomic mass is 15.2. The Bertz CT molecular complexity index is 699. The third-order valence-corrected chi connectivity index (χ3v) is 4.33. The molecule has 0 N–H and O–H groups in total. The van der Waals surface area contributed by atoms with Gasteiger partial charge in [-0.2, -0.15) is 0 Å². The van der Waals surface area contributed by atoms with Crippen LogP contribution >= 0.6 is 0 Å². The molecule has 3 heteroatoms. The Balaban J connectivity index is 1.58. The molecule has 1 unspecified atom stereocenters. The van der Waals surface area contributed by atoms with E-state index in [0.717, 1.165) is 24.4 Å². The Kier molecular flexibility index (Phi) is 3.20. The largest absolute Gasteiger partial charge is 0.307 e. The predicted molar refractivity (Wildman–Crippen MR) is 84.0 cm³/mol. The second-order valence-electron chi connectivity index (χ2n) is 5.74.